The van der Waals surface area contributed by atoms with Gasteiger partial charge in [0.15, 0.2) is 0 Å². The van der Waals surface area contributed by atoms with Crippen LogP contribution in [0.5, 0.6) is 0 Å². The molecule has 0 radical (unpaired) electrons. The fraction of sp³-hybridized carbons (Fsp3) is 0.412. The van der Waals surface area contributed by atoms with Crippen LogP contribution in [0.25, 0.3) is 0 Å². The molecule has 0 aliphatic carbocycles. The fourth-order valence-corrected chi connectivity index (χ4v) is 2.28. The Kier molecular flexibility index (Phi) is 5.15. The highest BCUT2D eigenvalue weighted by Gasteiger charge is 2.21. The number of hydrogen-bond donors (Lipinski definition) is 1. The van der Waals surface area contributed by atoms with E-state index in [4.69, 9.17) is 4.52 Å². The normalized spacial score (nSPS) is 12.5. The maximum absolute atomic E-state index is 13.3. The first-order valence-corrected chi connectivity index (χ1v) is 7.48. The molecule has 1 amide bonds. The van der Waals surface area contributed by atoms with Gasteiger partial charge in [-0.05, 0) is 52.4 Å². The van der Waals surface area contributed by atoms with Gasteiger partial charge < -0.3 is 9.84 Å². The monoisotopic (exact) mass is 319 g/mol. The van der Waals surface area contributed by atoms with Crippen molar-refractivity contribution in [2.24, 2.45) is 0 Å². The van der Waals surface area contributed by atoms with Gasteiger partial charge in [0.2, 0.25) is 5.91 Å². The Morgan fingerprint density at radius 2 is 2.09 bits per heavy atom. The van der Waals surface area contributed by atoms with Crippen molar-refractivity contribution in [2.75, 3.05) is 12.4 Å². The van der Waals surface area contributed by atoms with Crippen LogP contribution in [-0.4, -0.2) is 29.1 Å². The minimum atomic E-state index is -0.383. The molecule has 0 spiro atoms. The standard InChI is InChI=1S/C17H22FN3O2/c1-10-6-7-14(18)8-16(10)19-17(22)12(3)21(5)9-15-11(2)20-23-13(15)4/h6-8,12H,9H2,1-5H3,(H,19,22)/t12-/m0/s1. The molecule has 1 aromatic carbocycles. The largest absolute Gasteiger partial charge is 0.361 e. The van der Waals surface area contributed by atoms with E-state index in [0.29, 0.717) is 12.2 Å². The number of benzene rings is 1. The number of carbonyl (C=O) groups is 1. The maximum Gasteiger partial charge on any atom is 0.241 e. The fourth-order valence-electron chi connectivity index (χ4n) is 2.28. The second kappa shape index (κ2) is 6.91. The number of nitrogens with zero attached hydrogens (tertiary/aromatic N) is 2. The summed E-state index contributed by atoms with van der Waals surface area (Å²) in [6.07, 6.45) is 0. The Hall–Kier alpha value is -2.21. The number of aryl methyl sites for hydroxylation is 3. The molecule has 23 heavy (non-hydrogen) atoms. The van der Waals surface area contributed by atoms with Crippen LogP contribution < -0.4 is 5.32 Å². The van der Waals surface area contributed by atoms with Gasteiger partial charge in [0.1, 0.15) is 11.6 Å². The number of aromatic nitrogens is 1. The molecular weight excluding hydrogens is 297 g/mol. The van der Waals surface area contributed by atoms with Crippen LogP contribution in [0, 0.1) is 26.6 Å². The van der Waals surface area contributed by atoms with Gasteiger partial charge in [-0.25, -0.2) is 4.39 Å². The maximum atomic E-state index is 13.3. The van der Waals surface area contributed by atoms with Gasteiger partial charge in [-0.1, -0.05) is 11.2 Å². The lowest BCUT2D eigenvalue weighted by atomic mass is 10.1. The number of hydrogen-bond acceptors (Lipinski definition) is 4. The second-order valence-corrected chi connectivity index (χ2v) is 5.84. The first-order chi connectivity index (χ1) is 10.8. The van der Waals surface area contributed by atoms with E-state index >= 15 is 0 Å². The Morgan fingerprint density at radius 1 is 1.39 bits per heavy atom. The Bertz CT molecular complexity index is 692. The van der Waals surface area contributed by atoms with Gasteiger partial charge in [-0.2, -0.15) is 0 Å². The number of likely N-dealkylation sites (N-methyl/N-ethyl adjacent to an activating group) is 1. The van der Waals surface area contributed by atoms with E-state index in [9.17, 15) is 9.18 Å². The van der Waals surface area contributed by atoms with E-state index in [2.05, 4.69) is 10.5 Å². The van der Waals surface area contributed by atoms with Crippen LogP contribution >= 0.6 is 0 Å². The van der Waals surface area contributed by atoms with E-state index < -0.39 is 0 Å². The SMILES string of the molecule is Cc1ccc(F)cc1NC(=O)[C@H](C)N(C)Cc1c(C)noc1C. The van der Waals surface area contributed by atoms with Gasteiger partial charge in [-0.3, -0.25) is 9.69 Å². The predicted octanol–water partition coefficient (Wildman–Crippen LogP) is 3.20. The second-order valence-electron chi connectivity index (χ2n) is 5.84. The Morgan fingerprint density at radius 3 is 2.70 bits per heavy atom. The molecule has 0 saturated heterocycles. The topological polar surface area (TPSA) is 58.4 Å². The van der Waals surface area contributed by atoms with Crippen LogP contribution in [0.2, 0.25) is 0 Å². The van der Waals surface area contributed by atoms with Crippen LogP contribution in [-0.2, 0) is 11.3 Å². The lowest BCUT2D eigenvalue weighted by Gasteiger charge is -2.24. The summed E-state index contributed by atoms with van der Waals surface area (Å²) in [4.78, 5) is 14.3. The van der Waals surface area contributed by atoms with Crippen molar-refractivity contribution < 1.29 is 13.7 Å². The molecule has 0 aliphatic rings. The molecule has 2 aromatic rings. The van der Waals surface area contributed by atoms with Crippen LogP contribution in [0.15, 0.2) is 22.7 Å². The molecule has 6 heteroatoms. The van der Waals surface area contributed by atoms with Gasteiger partial charge in [0.25, 0.3) is 0 Å². The zero-order valence-electron chi connectivity index (χ0n) is 14.1. The highest BCUT2D eigenvalue weighted by Crippen LogP contribution is 2.18. The molecule has 0 fully saturated rings. The third-order valence-electron chi connectivity index (χ3n) is 4.09. The first-order valence-electron chi connectivity index (χ1n) is 7.48. The van der Waals surface area contributed by atoms with Gasteiger partial charge in [0.05, 0.1) is 11.7 Å². The van der Waals surface area contributed by atoms with Crippen molar-refractivity contribution in [3.8, 4) is 0 Å². The summed E-state index contributed by atoms with van der Waals surface area (Å²) in [7, 11) is 1.86. The molecule has 2 rings (SSSR count). The third kappa shape index (κ3) is 3.96. The zero-order valence-corrected chi connectivity index (χ0v) is 14.1. The third-order valence-corrected chi connectivity index (χ3v) is 4.09. The summed E-state index contributed by atoms with van der Waals surface area (Å²) in [5.41, 5.74) is 3.12. The average Bonchev–Trinajstić information content (AvgIpc) is 2.81. The quantitative estimate of drug-likeness (QED) is 0.919. The van der Waals surface area contributed by atoms with Crippen molar-refractivity contribution in [3.05, 3.63) is 46.6 Å². The molecule has 1 N–H and O–H groups in total. The minimum Gasteiger partial charge on any atom is -0.361 e. The highest BCUT2D eigenvalue weighted by atomic mass is 19.1. The number of amides is 1. The summed E-state index contributed by atoms with van der Waals surface area (Å²) < 4.78 is 18.5. The van der Waals surface area contributed by atoms with Crippen molar-refractivity contribution in [3.63, 3.8) is 0 Å². The first kappa shape index (κ1) is 17.1. The molecule has 0 saturated carbocycles. The average molecular weight is 319 g/mol. The molecule has 1 atom stereocenters. The predicted molar refractivity (Wildman–Crippen MR) is 86.7 cm³/mol. The highest BCUT2D eigenvalue weighted by molar-refractivity contribution is 5.95. The lowest BCUT2D eigenvalue weighted by Crippen LogP contribution is -2.39. The van der Waals surface area contributed by atoms with Crippen molar-refractivity contribution in [2.45, 2.75) is 40.3 Å². The molecule has 0 bridgehead atoms. The summed E-state index contributed by atoms with van der Waals surface area (Å²) in [5.74, 6) is 0.193. The van der Waals surface area contributed by atoms with Crippen molar-refractivity contribution >= 4 is 11.6 Å². The minimum absolute atomic E-state index is 0.187. The summed E-state index contributed by atoms with van der Waals surface area (Å²) in [5, 5.41) is 6.70. The van der Waals surface area contributed by atoms with Crippen molar-refractivity contribution in [1.29, 1.82) is 0 Å². The number of nitrogens with one attached hydrogen (secondary N) is 1. The van der Waals surface area contributed by atoms with E-state index in [1.54, 1.807) is 6.07 Å². The van der Waals surface area contributed by atoms with Gasteiger partial charge in [-0.15, -0.1) is 0 Å². The molecule has 124 valence electrons. The van der Waals surface area contributed by atoms with Gasteiger partial charge >= 0.3 is 0 Å². The number of halogens is 1. The number of rotatable bonds is 5. The van der Waals surface area contributed by atoms with Crippen LogP contribution in [0.1, 0.15) is 29.5 Å². The van der Waals surface area contributed by atoms with Crippen LogP contribution in [0.3, 0.4) is 0 Å². The lowest BCUT2D eigenvalue weighted by molar-refractivity contribution is -0.120. The van der Waals surface area contributed by atoms with E-state index in [-0.39, 0.29) is 17.8 Å². The molecule has 0 unspecified atom stereocenters. The van der Waals surface area contributed by atoms with Crippen molar-refractivity contribution in [1.82, 2.24) is 10.1 Å². The summed E-state index contributed by atoms with van der Waals surface area (Å²) in [6.45, 7) is 7.91. The summed E-state index contributed by atoms with van der Waals surface area (Å²) in [6, 6.07) is 3.96. The number of carbonyl (C=O) groups excluding carboxylic acids is 1. The molecule has 5 nitrogen and oxygen atoms in total. The molecule has 0 aliphatic heterocycles. The van der Waals surface area contributed by atoms with Crippen LogP contribution in [0.4, 0.5) is 10.1 Å². The molecule has 1 heterocycles. The zero-order chi connectivity index (χ0) is 17.1. The van der Waals surface area contributed by atoms with E-state index in [0.717, 1.165) is 22.6 Å². The molecule has 1 aromatic heterocycles. The Balaban J connectivity index is 2.05. The molecular formula is C17H22FN3O2. The number of anilines is 1. The van der Waals surface area contributed by atoms with E-state index in [1.165, 1.54) is 12.1 Å². The summed E-state index contributed by atoms with van der Waals surface area (Å²) >= 11 is 0. The van der Waals surface area contributed by atoms with Gasteiger partial charge in [0, 0.05) is 17.8 Å². The van der Waals surface area contributed by atoms with E-state index in [1.807, 2.05) is 39.6 Å². The Labute approximate surface area is 135 Å². The smallest absolute Gasteiger partial charge is 0.241 e.